The first-order chi connectivity index (χ1) is 19.3. The smallest absolute Gasteiger partial charge is 0.270 e. The van der Waals surface area contributed by atoms with Gasteiger partial charge in [-0.15, -0.1) is 10.2 Å². The highest BCUT2D eigenvalue weighted by molar-refractivity contribution is 6.30. The van der Waals surface area contributed by atoms with E-state index in [2.05, 4.69) is 16.3 Å². The van der Waals surface area contributed by atoms with Crippen molar-refractivity contribution in [3.05, 3.63) is 134 Å². The number of non-ortho nitro benzene ring substituents is 1. The number of allylic oxidation sites excluding steroid dienone is 1. The first-order valence-corrected chi connectivity index (χ1v) is 12.1. The van der Waals surface area contributed by atoms with Gasteiger partial charge in [-0.05, 0) is 29.8 Å². The number of fused-ring (bicyclic) bond motifs is 1. The zero-order chi connectivity index (χ0) is 28.4. The van der Waals surface area contributed by atoms with E-state index in [-0.39, 0.29) is 45.6 Å². The molecule has 0 aromatic heterocycles. The van der Waals surface area contributed by atoms with Crippen molar-refractivity contribution >= 4 is 34.4 Å². The van der Waals surface area contributed by atoms with Gasteiger partial charge in [-0.3, -0.25) is 14.9 Å². The number of carbonyl (C=O) groups is 1. The van der Waals surface area contributed by atoms with Crippen LogP contribution in [0.2, 0.25) is 5.02 Å². The van der Waals surface area contributed by atoms with Gasteiger partial charge in [0, 0.05) is 34.3 Å². The number of nitrogens with two attached hydrogens (primary N) is 1. The van der Waals surface area contributed by atoms with Gasteiger partial charge in [-0.2, -0.15) is 5.26 Å². The molecule has 196 valence electrons. The van der Waals surface area contributed by atoms with E-state index in [4.69, 9.17) is 22.1 Å². The molecule has 0 amide bonds. The van der Waals surface area contributed by atoms with Crippen LogP contribution in [0.25, 0.3) is 0 Å². The monoisotopic (exact) mass is 551 g/mol. The lowest BCUT2D eigenvalue weighted by Crippen LogP contribution is -2.21. The third-order valence-electron chi connectivity index (χ3n) is 6.25. The van der Waals surface area contributed by atoms with Crippen molar-refractivity contribution in [1.82, 2.24) is 0 Å². The van der Waals surface area contributed by atoms with Gasteiger partial charge in [0.1, 0.15) is 28.8 Å². The highest BCUT2D eigenvalue weighted by Crippen LogP contribution is 2.47. The van der Waals surface area contributed by atoms with Crippen LogP contribution in [0, 0.1) is 21.4 Å². The molecule has 10 nitrogen and oxygen atoms in total. The van der Waals surface area contributed by atoms with Crippen LogP contribution in [0.5, 0.6) is 11.5 Å². The van der Waals surface area contributed by atoms with Crippen LogP contribution in [0.1, 0.15) is 33.0 Å². The molecule has 0 fully saturated rings. The summed E-state index contributed by atoms with van der Waals surface area (Å²) in [4.78, 5) is 24.0. The SMILES string of the molecule is N#CC1=C(N)Oc2cc(O)c(N=Nc3ccc([N+](=O)[O-])cc3C(=O)c3ccccc3)cc2C1c1ccc(Cl)cc1. The lowest BCUT2D eigenvalue weighted by Gasteiger charge is -2.26. The van der Waals surface area contributed by atoms with Crippen LogP contribution < -0.4 is 10.5 Å². The molecule has 1 aliphatic rings. The van der Waals surface area contributed by atoms with Gasteiger partial charge in [-0.25, -0.2) is 0 Å². The number of hydrogen-bond acceptors (Lipinski definition) is 9. The average molecular weight is 552 g/mol. The zero-order valence-electron chi connectivity index (χ0n) is 20.5. The average Bonchev–Trinajstić information content (AvgIpc) is 2.96. The van der Waals surface area contributed by atoms with E-state index in [1.807, 2.05) is 0 Å². The summed E-state index contributed by atoms with van der Waals surface area (Å²) in [5, 5.41) is 40.7. The van der Waals surface area contributed by atoms with E-state index in [9.17, 15) is 25.3 Å². The van der Waals surface area contributed by atoms with Crippen molar-refractivity contribution in [2.75, 3.05) is 0 Å². The number of carbonyl (C=O) groups excluding carboxylic acids is 1. The summed E-state index contributed by atoms with van der Waals surface area (Å²) in [6.07, 6.45) is 0. The maximum Gasteiger partial charge on any atom is 0.270 e. The van der Waals surface area contributed by atoms with Gasteiger partial charge in [0.05, 0.1) is 22.1 Å². The van der Waals surface area contributed by atoms with Crippen molar-refractivity contribution in [3.8, 4) is 17.6 Å². The van der Waals surface area contributed by atoms with Crippen LogP contribution in [-0.4, -0.2) is 15.8 Å². The van der Waals surface area contributed by atoms with Crippen LogP contribution in [0.4, 0.5) is 17.1 Å². The topological polar surface area (TPSA) is 164 Å². The van der Waals surface area contributed by atoms with Crippen LogP contribution in [0.15, 0.2) is 107 Å². The molecule has 0 saturated heterocycles. The molecule has 4 aromatic carbocycles. The Morgan fingerprint density at radius 3 is 2.40 bits per heavy atom. The number of azo groups is 1. The van der Waals surface area contributed by atoms with Gasteiger partial charge in [0.15, 0.2) is 5.78 Å². The van der Waals surface area contributed by atoms with Crippen molar-refractivity contribution in [3.63, 3.8) is 0 Å². The fraction of sp³-hybridized carbons (Fsp3) is 0.0345. The number of ether oxygens (including phenoxy) is 1. The van der Waals surface area contributed by atoms with Crippen molar-refractivity contribution < 1.29 is 19.6 Å². The van der Waals surface area contributed by atoms with Crippen LogP contribution in [0.3, 0.4) is 0 Å². The maximum atomic E-state index is 13.2. The molecule has 11 heteroatoms. The van der Waals surface area contributed by atoms with E-state index in [1.54, 1.807) is 54.6 Å². The third-order valence-corrected chi connectivity index (χ3v) is 6.50. The summed E-state index contributed by atoms with van der Waals surface area (Å²) in [5.41, 5.74) is 7.43. The van der Waals surface area contributed by atoms with E-state index in [0.29, 0.717) is 21.7 Å². The van der Waals surface area contributed by atoms with Crippen molar-refractivity contribution in [2.45, 2.75) is 5.92 Å². The molecule has 3 N–H and O–H groups in total. The number of ketones is 1. The fourth-order valence-corrected chi connectivity index (χ4v) is 4.45. The molecule has 0 saturated carbocycles. The fourth-order valence-electron chi connectivity index (χ4n) is 4.32. The third kappa shape index (κ3) is 4.97. The number of hydrogen-bond donors (Lipinski definition) is 2. The molecule has 1 unspecified atom stereocenters. The number of benzene rings is 4. The van der Waals surface area contributed by atoms with E-state index in [1.165, 1.54) is 24.3 Å². The summed E-state index contributed by atoms with van der Waals surface area (Å²) in [6.45, 7) is 0. The lowest BCUT2D eigenvalue weighted by molar-refractivity contribution is -0.384. The van der Waals surface area contributed by atoms with Crippen molar-refractivity contribution in [2.24, 2.45) is 16.0 Å². The molecule has 1 atom stereocenters. The summed E-state index contributed by atoms with van der Waals surface area (Å²) >= 11 is 6.05. The Morgan fingerprint density at radius 2 is 1.73 bits per heavy atom. The van der Waals surface area contributed by atoms with Gasteiger partial charge in [0.2, 0.25) is 5.88 Å². The number of rotatable bonds is 6. The molecule has 0 aliphatic carbocycles. The summed E-state index contributed by atoms with van der Waals surface area (Å²) < 4.78 is 5.61. The number of phenolic OH excluding ortho intramolecular Hbond substituents is 1. The number of phenols is 1. The maximum absolute atomic E-state index is 13.2. The van der Waals surface area contributed by atoms with Crippen LogP contribution >= 0.6 is 11.6 Å². The van der Waals surface area contributed by atoms with Gasteiger partial charge in [0.25, 0.3) is 5.69 Å². The normalized spacial score (nSPS) is 14.3. The minimum atomic E-state index is -0.643. The molecular weight excluding hydrogens is 534 g/mol. The highest BCUT2D eigenvalue weighted by atomic mass is 35.5. The largest absolute Gasteiger partial charge is 0.505 e. The molecule has 1 heterocycles. The molecule has 0 bridgehead atoms. The Balaban J connectivity index is 1.59. The minimum absolute atomic E-state index is 0.00976. The van der Waals surface area contributed by atoms with Crippen LogP contribution in [-0.2, 0) is 0 Å². The first kappa shape index (κ1) is 26.1. The summed E-state index contributed by atoms with van der Waals surface area (Å²) in [7, 11) is 0. The molecule has 5 rings (SSSR count). The first-order valence-electron chi connectivity index (χ1n) is 11.8. The van der Waals surface area contributed by atoms with E-state index >= 15 is 0 Å². The Morgan fingerprint density at radius 1 is 1.02 bits per heavy atom. The van der Waals surface area contributed by atoms with Crippen molar-refractivity contribution in [1.29, 1.82) is 5.26 Å². The predicted molar refractivity (Wildman–Crippen MR) is 146 cm³/mol. The number of nitrogens with zero attached hydrogens (tertiary/aromatic N) is 4. The number of nitro benzene ring substituents is 1. The molecule has 0 spiro atoms. The minimum Gasteiger partial charge on any atom is -0.505 e. The molecule has 4 aromatic rings. The number of nitro groups is 1. The summed E-state index contributed by atoms with van der Waals surface area (Å²) in [6, 6.07) is 23.7. The standard InChI is InChI=1S/C29H18ClN5O5/c30-18-8-6-16(7-9-18)27-21-13-24(25(36)14-26(21)40-29(32)22(27)15-31)34-33-23-11-10-19(35(38)39)12-20(23)28(37)17-4-2-1-3-5-17/h1-14,27,36H,32H2. The number of nitriles is 1. The number of aromatic hydroxyl groups is 1. The highest BCUT2D eigenvalue weighted by Gasteiger charge is 2.32. The Hall–Kier alpha value is -5.53. The molecule has 1 aliphatic heterocycles. The van der Waals surface area contributed by atoms with Gasteiger partial charge in [-0.1, -0.05) is 54.1 Å². The summed E-state index contributed by atoms with van der Waals surface area (Å²) in [5.74, 6) is -1.30. The van der Waals surface area contributed by atoms with E-state index < -0.39 is 16.6 Å². The Bertz CT molecular complexity index is 1760. The zero-order valence-corrected chi connectivity index (χ0v) is 21.2. The molecule has 0 radical (unpaired) electrons. The quantitative estimate of drug-likeness (QED) is 0.115. The Kier molecular flexibility index (Phi) is 6.97. The lowest BCUT2D eigenvalue weighted by atomic mass is 9.83. The second-order valence-electron chi connectivity index (χ2n) is 8.71. The Labute approximate surface area is 232 Å². The molecular formula is C29H18ClN5O5. The predicted octanol–water partition coefficient (Wildman–Crippen LogP) is 6.82. The van der Waals surface area contributed by atoms with Gasteiger partial charge >= 0.3 is 0 Å². The second-order valence-corrected chi connectivity index (χ2v) is 9.15. The van der Waals surface area contributed by atoms with E-state index in [0.717, 1.165) is 6.07 Å². The van der Waals surface area contributed by atoms with Gasteiger partial charge < -0.3 is 15.6 Å². The molecule has 40 heavy (non-hydrogen) atoms. The number of halogens is 1. The second kappa shape index (κ2) is 10.7.